The predicted octanol–water partition coefficient (Wildman–Crippen LogP) is 1.53. The van der Waals surface area contributed by atoms with Gasteiger partial charge in [-0.3, -0.25) is 10.4 Å². The third kappa shape index (κ3) is 3.18. The zero-order valence-corrected chi connectivity index (χ0v) is 13.4. The molecular weight excluding hydrogens is 302 g/mol. The quantitative estimate of drug-likeness (QED) is 0.856. The van der Waals surface area contributed by atoms with Crippen LogP contribution in [0.1, 0.15) is 12.1 Å². The lowest BCUT2D eigenvalue weighted by molar-refractivity contribution is 0.179. The standard InChI is InChI=1S/C15H20ClN5O/c1-11(21-8-6-20(2)7-9-21)18-19-13-4-10-22-15-12(16)3-5-17-14(13)15/h3,5,18H,1,4,6-10H2,2H3/b19-13-. The molecule has 0 spiro atoms. The van der Waals surface area contributed by atoms with Crippen molar-refractivity contribution in [1.29, 1.82) is 0 Å². The molecular formula is C15H20ClN5O. The Kier molecular flexibility index (Phi) is 4.49. The Morgan fingerprint density at radius 3 is 2.95 bits per heavy atom. The van der Waals surface area contributed by atoms with Gasteiger partial charge in [-0.05, 0) is 13.1 Å². The minimum absolute atomic E-state index is 0.555. The Morgan fingerprint density at radius 1 is 1.41 bits per heavy atom. The summed E-state index contributed by atoms with van der Waals surface area (Å²) in [6, 6.07) is 1.72. The highest BCUT2D eigenvalue weighted by Gasteiger charge is 2.21. The Hall–Kier alpha value is -1.79. The first-order valence-electron chi connectivity index (χ1n) is 7.38. The predicted molar refractivity (Wildman–Crippen MR) is 87.2 cm³/mol. The molecule has 0 radical (unpaired) electrons. The molecule has 0 aromatic carbocycles. The molecule has 1 saturated heterocycles. The molecule has 22 heavy (non-hydrogen) atoms. The molecule has 118 valence electrons. The van der Waals surface area contributed by atoms with Gasteiger partial charge in [-0.1, -0.05) is 18.2 Å². The van der Waals surface area contributed by atoms with Crippen molar-refractivity contribution in [2.45, 2.75) is 6.42 Å². The average Bonchev–Trinajstić information content (AvgIpc) is 2.54. The number of pyridine rings is 1. The van der Waals surface area contributed by atoms with Crippen molar-refractivity contribution in [3.63, 3.8) is 0 Å². The minimum Gasteiger partial charge on any atom is -0.489 e. The maximum absolute atomic E-state index is 6.13. The van der Waals surface area contributed by atoms with Crippen LogP contribution in [-0.2, 0) is 0 Å². The highest BCUT2D eigenvalue weighted by Crippen LogP contribution is 2.30. The number of ether oxygens (including phenoxy) is 1. The lowest BCUT2D eigenvalue weighted by Crippen LogP contribution is -2.45. The third-order valence-electron chi connectivity index (χ3n) is 3.92. The number of aromatic nitrogens is 1. The van der Waals surface area contributed by atoms with E-state index in [0.717, 1.165) is 37.7 Å². The normalized spacial score (nSPS) is 20.5. The first-order chi connectivity index (χ1) is 10.6. The SMILES string of the molecule is C=C(N/N=C1/CCOc2c(Cl)ccnc21)N1CCN(C)CC1. The Labute approximate surface area is 135 Å². The van der Waals surface area contributed by atoms with Crippen LogP contribution in [0.5, 0.6) is 5.75 Å². The number of hydrogen-bond donors (Lipinski definition) is 1. The molecule has 2 aliphatic rings. The maximum Gasteiger partial charge on any atom is 0.165 e. The summed E-state index contributed by atoms with van der Waals surface area (Å²) in [6.07, 6.45) is 2.37. The van der Waals surface area contributed by atoms with Crippen LogP contribution in [0.3, 0.4) is 0 Å². The second-order valence-electron chi connectivity index (χ2n) is 5.48. The van der Waals surface area contributed by atoms with Gasteiger partial charge in [-0.2, -0.15) is 5.10 Å². The largest absolute Gasteiger partial charge is 0.489 e. The Bertz CT molecular complexity index is 596. The highest BCUT2D eigenvalue weighted by molar-refractivity contribution is 6.32. The van der Waals surface area contributed by atoms with Crippen LogP contribution >= 0.6 is 11.6 Å². The molecule has 0 saturated carbocycles. The van der Waals surface area contributed by atoms with E-state index in [1.54, 1.807) is 12.3 Å². The number of nitrogens with zero attached hydrogens (tertiary/aromatic N) is 4. The minimum atomic E-state index is 0.555. The van der Waals surface area contributed by atoms with E-state index < -0.39 is 0 Å². The third-order valence-corrected chi connectivity index (χ3v) is 4.22. The van der Waals surface area contributed by atoms with Crippen molar-refractivity contribution in [2.24, 2.45) is 5.10 Å². The van der Waals surface area contributed by atoms with Crippen LogP contribution in [0.15, 0.2) is 29.8 Å². The monoisotopic (exact) mass is 321 g/mol. The van der Waals surface area contributed by atoms with E-state index in [1.165, 1.54) is 0 Å². The number of hydrogen-bond acceptors (Lipinski definition) is 6. The summed E-state index contributed by atoms with van der Waals surface area (Å²) in [5.41, 5.74) is 4.61. The topological polar surface area (TPSA) is 53.0 Å². The molecule has 1 fully saturated rings. The van der Waals surface area contributed by atoms with Gasteiger partial charge < -0.3 is 14.5 Å². The van der Waals surface area contributed by atoms with Crippen LogP contribution < -0.4 is 10.2 Å². The summed E-state index contributed by atoms with van der Waals surface area (Å²) in [6.45, 7) is 8.60. The molecule has 1 N–H and O–H groups in total. The summed E-state index contributed by atoms with van der Waals surface area (Å²) in [7, 11) is 2.13. The van der Waals surface area contributed by atoms with Gasteiger partial charge >= 0.3 is 0 Å². The van der Waals surface area contributed by atoms with Crippen molar-refractivity contribution in [3.8, 4) is 5.75 Å². The molecule has 0 amide bonds. The van der Waals surface area contributed by atoms with E-state index in [2.05, 4.69) is 38.9 Å². The lowest BCUT2D eigenvalue weighted by Gasteiger charge is -2.34. The highest BCUT2D eigenvalue weighted by atomic mass is 35.5. The second-order valence-corrected chi connectivity index (χ2v) is 5.88. The summed E-state index contributed by atoms with van der Waals surface area (Å²) in [5.74, 6) is 1.43. The molecule has 3 rings (SSSR count). The zero-order valence-electron chi connectivity index (χ0n) is 12.7. The van der Waals surface area contributed by atoms with Gasteiger partial charge in [-0.25, -0.2) is 0 Å². The molecule has 3 heterocycles. The van der Waals surface area contributed by atoms with Gasteiger partial charge in [-0.15, -0.1) is 0 Å². The fourth-order valence-corrected chi connectivity index (χ4v) is 2.72. The molecule has 2 aliphatic heterocycles. The van der Waals surface area contributed by atoms with Gasteiger partial charge in [0.05, 0.1) is 17.3 Å². The van der Waals surface area contributed by atoms with Crippen LogP contribution in [0.25, 0.3) is 0 Å². The zero-order chi connectivity index (χ0) is 15.5. The summed E-state index contributed by atoms with van der Waals surface area (Å²) in [5, 5.41) is 5.04. The average molecular weight is 322 g/mol. The van der Waals surface area contributed by atoms with E-state index in [0.29, 0.717) is 29.5 Å². The number of piperazine rings is 1. The number of halogens is 1. The number of likely N-dealkylation sites (N-methyl/N-ethyl adjacent to an activating group) is 1. The van der Waals surface area contributed by atoms with Crippen molar-refractivity contribution in [1.82, 2.24) is 20.2 Å². The number of hydrazone groups is 1. The van der Waals surface area contributed by atoms with Gasteiger partial charge in [0.2, 0.25) is 0 Å². The molecule has 0 unspecified atom stereocenters. The molecule has 7 heteroatoms. The Morgan fingerprint density at radius 2 is 2.18 bits per heavy atom. The Balaban J connectivity index is 1.69. The van der Waals surface area contributed by atoms with Gasteiger partial charge in [0.15, 0.2) is 5.75 Å². The summed E-state index contributed by atoms with van der Waals surface area (Å²) >= 11 is 6.13. The van der Waals surface area contributed by atoms with Gasteiger partial charge in [0.1, 0.15) is 11.5 Å². The number of fused-ring (bicyclic) bond motifs is 1. The molecule has 0 atom stereocenters. The van der Waals surface area contributed by atoms with Crippen molar-refractivity contribution >= 4 is 17.3 Å². The van der Waals surface area contributed by atoms with Crippen LogP contribution in [0, 0.1) is 0 Å². The molecule has 0 aliphatic carbocycles. The van der Waals surface area contributed by atoms with Gasteiger partial charge in [0.25, 0.3) is 0 Å². The van der Waals surface area contributed by atoms with E-state index in [4.69, 9.17) is 16.3 Å². The summed E-state index contributed by atoms with van der Waals surface area (Å²) in [4.78, 5) is 8.84. The van der Waals surface area contributed by atoms with Crippen molar-refractivity contribution < 1.29 is 4.74 Å². The smallest absolute Gasteiger partial charge is 0.165 e. The van der Waals surface area contributed by atoms with Crippen molar-refractivity contribution in [2.75, 3.05) is 39.8 Å². The van der Waals surface area contributed by atoms with E-state index in [9.17, 15) is 0 Å². The van der Waals surface area contributed by atoms with E-state index in [1.807, 2.05) is 0 Å². The fraction of sp³-hybridized carbons (Fsp3) is 0.467. The number of nitrogens with one attached hydrogen (secondary N) is 1. The van der Waals surface area contributed by atoms with Crippen LogP contribution in [0.4, 0.5) is 0 Å². The first-order valence-corrected chi connectivity index (χ1v) is 7.75. The van der Waals surface area contributed by atoms with E-state index in [-0.39, 0.29) is 0 Å². The van der Waals surface area contributed by atoms with Crippen LogP contribution in [0.2, 0.25) is 5.02 Å². The maximum atomic E-state index is 6.13. The lowest BCUT2D eigenvalue weighted by atomic mass is 10.1. The second kappa shape index (κ2) is 6.54. The van der Waals surface area contributed by atoms with E-state index >= 15 is 0 Å². The molecule has 1 aromatic rings. The molecule has 0 bridgehead atoms. The fourth-order valence-electron chi connectivity index (χ4n) is 2.52. The van der Waals surface area contributed by atoms with Crippen LogP contribution in [-0.4, -0.2) is 60.3 Å². The number of rotatable bonds is 3. The summed E-state index contributed by atoms with van der Waals surface area (Å²) < 4.78 is 5.58. The van der Waals surface area contributed by atoms with Crippen molar-refractivity contribution in [3.05, 3.63) is 35.4 Å². The first kappa shape index (κ1) is 15.1. The molecule has 1 aromatic heterocycles. The molecule has 6 nitrogen and oxygen atoms in total. The van der Waals surface area contributed by atoms with Gasteiger partial charge in [0, 0.05) is 38.8 Å².